The highest BCUT2D eigenvalue weighted by Crippen LogP contribution is 2.27. The van der Waals surface area contributed by atoms with Gasteiger partial charge in [-0.15, -0.1) is 0 Å². The second-order valence-electron chi connectivity index (χ2n) is 7.27. The molecule has 2 aromatic heterocycles. The molecule has 0 atom stereocenters. The molecule has 2 saturated heterocycles. The molecule has 0 bridgehead atoms. The highest BCUT2D eigenvalue weighted by atomic mass is 16.5. The predicted octanol–water partition coefficient (Wildman–Crippen LogP) is 0.204. The van der Waals surface area contributed by atoms with Crippen LogP contribution in [0.5, 0.6) is 6.01 Å². The molecule has 0 radical (unpaired) electrons. The average Bonchev–Trinajstić information content (AvgIpc) is 2.75. The lowest BCUT2D eigenvalue weighted by molar-refractivity contribution is -0.399. The zero-order valence-electron chi connectivity index (χ0n) is 16.2. The van der Waals surface area contributed by atoms with Gasteiger partial charge in [0.1, 0.15) is 0 Å². The topological polar surface area (TPSA) is 97.7 Å². The number of aromatic amines is 2. The van der Waals surface area contributed by atoms with E-state index >= 15 is 0 Å². The fourth-order valence-electron chi connectivity index (χ4n) is 3.81. The number of H-pyrrole nitrogens is 2. The van der Waals surface area contributed by atoms with Gasteiger partial charge in [-0.2, -0.15) is 0 Å². The number of anilines is 1. The summed E-state index contributed by atoms with van der Waals surface area (Å²) in [6.45, 7) is 5.65. The number of hydrogen-bond donors (Lipinski definition) is 1. The third-order valence-corrected chi connectivity index (χ3v) is 5.39. The summed E-state index contributed by atoms with van der Waals surface area (Å²) in [4.78, 5) is 31.6. The Bertz CT molecular complexity index is 826. The van der Waals surface area contributed by atoms with Crippen LogP contribution >= 0.6 is 0 Å². The first-order valence-electron chi connectivity index (χ1n) is 9.78. The molecule has 0 spiro atoms. The van der Waals surface area contributed by atoms with E-state index in [4.69, 9.17) is 14.5 Å². The maximum atomic E-state index is 12.2. The fourth-order valence-corrected chi connectivity index (χ4v) is 3.81. The molecule has 2 N–H and O–H groups in total. The van der Waals surface area contributed by atoms with E-state index in [1.165, 1.54) is 0 Å². The number of hydrogen-bond acceptors (Lipinski definition) is 7. The van der Waals surface area contributed by atoms with Gasteiger partial charge in [0.25, 0.3) is 5.56 Å². The summed E-state index contributed by atoms with van der Waals surface area (Å²) in [6, 6.07) is 2.17. The molecule has 0 amide bonds. The average molecular weight is 387 g/mol. The van der Waals surface area contributed by atoms with Crippen LogP contribution in [0.25, 0.3) is 0 Å². The molecular formula is C19H27N6O3+. The smallest absolute Gasteiger partial charge is 0.432 e. The number of likely N-dealkylation sites (tertiary alicyclic amines) is 1. The van der Waals surface area contributed by atoms with Gasteiger partial charge in [-0.25, -0.2) is 9.97 Å². The highest BCUT2D eigenvalue weighted by molar-refractivity contribution is 5.31. The van der Waals surface area contributed by atoms with Crippen LogP contribution < -0.4 is 20.2 Å². The minimum Gasteiger partial charge on any atom is -0.432 e. The number of piperidine rings is 1. The van der Waals surface area contributed by atoms with E-state index in [0.717, 1.165) is 56.8 Å². The van der Waals surface area contributed by atoms with Crippen molar-refractivity contribution in [2.24, 2.45) is 0 Å². The number of ether oxygens (including phenoxy) is 2. The molecule has 0 aliphatic carbocycles. The molecule has 2 aliphatic heterocycles. The molecule has 9 nitrogen and oxygen atoms in total. The Hall–Kier alpha value is -2.52. The highest BCUT2D eigenvalue weighted by Gasteiger charge is 2.24. The van der Waals surface area contributed by atoms with Crippen molar-refractivity contribution in [3.05, 3.63) is 40.1 Å². The molecule has 2 aliphatic rings. The predicted molar refractivity (Wildman–Crippen MR) is 102 cm³/mol. The van der Waals surface area contributed by atoms with E-state index in [2.05, 4.69) is 24.8 Å². The van der Waals surface area contributed by atoms with Crippen LogP contribution in [0.15, 0.2) is 23.3 Å². The van der Waals surface area contributed by atoms with E-state index in [-0.39, 0.29) is 5.56 Å². The Labute approximate surface area is 163 Å². The Kier molecular flexibility index (Phi) is 5.82. The normalized spacial score (nSPS) is 19.0. The van der Waals surface area contributed by atoms with Crippen LogP contribution in [0, 0.1) is 0 Å². The van der Waals surface area contributed by atoms with Crippen molar-refractivity contribution >= 4 is 5.95 Å². The van der Waals surface area contributed by atoms with Crippen LogP contribution in [-0.4, -0.2) is 66.4 Å². The summed E-state index contributed by atoms with van der Waals surface area (Å²) in [5, 5.41) is 0. The van der Waals surface area contributed by atoms with E-state index in [0.29, 0.717) is 31.1 Å². The lowest BCUT2D eigenvalue weighted by Crippen LogP contribution is -2.39. The van der Waals surface area contributed by atoms with E-state index in [1.54, 1.807) is 13.2 Å². The third-order valence-electron chi connectivity index (χ3n) is 5.39. The summed E-state index contributed by atoms with van der Waals surface area (Å²) in [5.41, 5.74) is 1.96. The first-order valence-corrected chi connectivity index (χ1v) is 9.78. The summed E-state index contributed by atoms with van der Waals surface area (Å²) in [6.07, 6.45) is 5.76. The zero-order valence-corrected chi connectivity index (χ0v) is 16.2. The molecule has 150 valence electrons. The molecule has 9 heteroatoms. The number of aromatic nitrogens is 4. The minimum absolute atomic E-state index is 0.0752. The molecule has 0 aromatic carbocycles. The molecule has 0 unspecified atom stereocenters. The van der Waals surface area contributed by atoms with Crippen LogP contribution in [-0.2, 0) is 11.3 Å². The maximum Gasteiger partial charge on any atom is 0.495 e. The summed E-state index contributed by atoms with van der Waals surface area (Å²) in [5.74, 6) is 0.993. The van der Waals surface area contributed by atoms with Crippen molar-refractivity contribution in [3.63, 3.8) is 0 Å². The molecular weight excluding hydrogens is 360 g/mol. The lowest BCUT2D eigenvalue weighted by Gasteiger charge is -2.32. The minimum atomic E-state index is -0.0752. The SMILES string of the molecule is COc1ncc(CN2CCC(c3cc(=O)[nH]c(N4CCOCC4)n3)CC2)c[nH+]1. The zero-order chi connectivity index (χ0) is 19.3. The number of nitrogens with zero attached hydrogens (tertiary/aromatic N) is 4. The number of methoxy groups -OCH3 is 1. The second-order valence-corrected chi connectivity index (χ2v) is 7.27. The Morgan fingerprint density at radius 2 is 2.07 bits per heavy atom. The van der Waals surface area contributed by atoms with Crippen LogP contribution in [0.1, 0.15) is 30.0 Å². The van der Waals surface area contributed by atoms with E-state index in [1.807, 2.05) is 12.4 Å². The fraction of sp³-hybridized carbons (Fsp3) is 0.579. The quantitative estimate of drug-likeness (QED) is 0.783. The van der Waals surface area contributed by atoms with Crippen molar-refractivity contribution < 1.29 is 14.5 Å². The van der Waals surface area contributed by atoms with Gasteiger partial charge in [0.15, 0.2) is 6.20 Å². The van der Waals surface area contributed by atoms with Gasteiger partial charge in [-0.05, 0) is 30.9 Å². The van der Waals surface area contributed by atoms with Gasteiger partial charge in [0.2, 0.25) is 5.95 Å². The van der Waals surface area contributed by atoms with E-state index in [9.17, 15) is 4.79 Å². The Balaban J connectivity index is 1.37. The van der Waals surface area contributed by atoms with Gasteiger partial charge < -0.3 is 14.4 Å². The van der Waals surface area contributed by atoms with Crippen molar-refractivity contribution in [1.82, 2.24) is 19.9 Å². The largest absolute Gasteiger partial charge is 0.495 e. The first kappa shape index (κ1) is 18.8. The van der Waals surface area contributed by atoms with Gasteiger partial charge in [-0.1, -0.05) is 0 Å². The maximum absolute atomic E-state index is 12.2. The van der Waals surface area contributed by atoms with Crippen molar-refractivity contribution in [2.45, 2.75) is 25.3 Å². The lowest BCUT2D eigenvalue weighted by atomic mass is 9.93. The summed E-state index contributed by atoms with van der Waals surface area (Å²) < 4.78 is 10.5. The van der Waals surface area contributed by atoms with Gasteiger partial charge in [-0.3, -0.25) is 14.7 Å². The molecule has 2 fully saturated rings. The summed E-state index contributed by atoms with van der Waals surface area (Å²) in [7, 11) is 1.59. The Morgan fingerprint density at radius 1 is 1.29 bits per heavy atom. The Morgan fingerprint density at radius 3 is 2.75 bits per heavy atom. The van der Waals surface area contributed by atoms with Gasteiger partial charge in [0.05, 0.1) is 32.2 Å². The summed E-state index contributed by atoms with van der Waals surface area (Å²) >= 11 is 0. The second kappa shape index (κ2) is 8.66. The van der Waals surface area contributed by atoms with Crippen molar-refractivity contribution in [3.8, 4) is 6.01 Å². The van der Waals surface area contributed by atoms with Crippen LogP contribution in [0.4, 0.5) is 5.95 Å². The molecule has 4 rings (SSSR count). The van der Waals surface area contributed by atoms with Crippen molar-refractivity contribution in [2.75, 3.05) is 51.4 Å². The number of nitrogens with one attached hydrogen (secondary N) is 2. The first-order chi connectivity index (χ1) is 13.7. The molecule has 2 aromatic rings. The van der Waals surface area contributed by atoms with Crippen LogP contribution in [0.3, 0.4) is 0 Å². The van der Waals surface area contributed by atoms with Crippen molar-refractivity contribution in [1.29, 1.82) is 0 Å². The van der Waals surface area contributed by atoms with Gasteiger partial charge >= 0.3 is 6.01 Å². The van der Waals surface area contributed by atoms with Gasteiger partial charge in [0, 0.05) is 37.2 Å². The number of rotatable bonds is 5. The molecule has 28 heavy (non-hydrogen) atoms. The van der Waals surface area contributed by atoms with Crippen LogP contribution in [0.2, 0.25) is 0 Å². The van der Waals surface area contributed by atoms with E-state index < -0.39 is 0 Å². The molecule has 4 heterocycles. The monoisotopic (exact) mass is 387 g/mol. The third kappa shape index (κ3) is 4.48. The number of morpholine rings is 1. The standard InChI is InChI=1S/C19H26N6O3/c1-27-19-20-11-14(12-21-19)13-24-4-2-15(3-5-24)16-10-17(26)23-18(22-16)25-6-8-28-9-7-25/h10-12,15H,2-9,13H2,1H3,(H,22,23,26)/p+1. The molecule has 0 saturated carbocycles.